The van der Waals surface area contributed by atoms with Crippen molar-refractivity contribution in [2.45, 2.75) is 34.0 Å². The Morgan fingerprint density at radius 1 is 1.30 bits per heavy atom. The molecular formula is C22H30N6O2. The molecule has 3 aromatic heterocycles. The summed E-state index contributed by atoms with van der Waals surface area (Å²) in [5.74, 6) is 2.78. The van der Waals surface area contributed by atoms with Crippen LogP contribution in [-0.4, -0.2) is 38.8 Å². The maximum Gasteiger partial charge on any atom is 0.216 e. The Morgan fingerprint density at radius 3 is 2.57 bits per heavy atom. The monoisotopic (exact) mass is 410 g/mol. The summed E-state index contributed by atoms with van der Waals surface area (Å²) >= 11 is 0. The molecule has 0 atom stereocenters. The van der Waals surface area contributed by atoms with E-state index in [9.17, 15) is 0 Å². The third-order valence-corrected chi connectivity index (χ3v) is 3.68. The van der Waals surface area contributed by atoms with Crippen LogP contribution >= 0.6 is 0 Å². The van der Waals surface area contributed by atoms with Gasteiger partial charge in [-0.25, -0.2) is 14.5 Å². The fourth-order valence-corrected chi connectivity index (χ4v) is 2.48. The van der Waals surface area contributed by atoms with Gasteiger partial charge in [-0.3, -0.25) is 0 Å². The van der Waals surface area contributed by atoms with Crippen LogP contribution in [0.15, 0.2) is 42.9 Å². The first kappa shape index (κ1) is 24.6. The molecule has 0 amide bonds. The highest BCUT2D eigenvalue weighted by molar-refractivity contribution is 5.76. The summed E-state index contributed by atoms with van der Waals surface area (Å²) < 4.78 is 12.3. The second-order valence-corrected chi connectivity index (χ2v) is 5.57. The van der Waals surface area contributed by atoms with Gasteiger partial charge in [0.15, 0.2) is 11.5 Å². The number of methoxy groups -OCH3 is 2. The van der Waals surface area contributed by atoms with Gasteiger partial charge in [0.25, 0.3) is 0 Å². The number of aromatic nitrogens is 5. The highest BCUT2D eigenvalue weighted by Gasteiger charge is 2.20. The van der Waals surface area contributed by atoms with E-state index in [4.69, 9.17) is 15.2 Å². The van der Waals surface area contributed by atoms with E-state index in [-0.39, 0.29) is 0 Å². The predicted octanol–water partition coefficient (Wildman–Crippen LogP) is 3.95. The van der Waals surface area contributed by atoms with E-state index in [0.717, 1.165) is 11.2 Å². The molecule has 3 aromatic rings. The number of H-pyrrole nitrogens is 1. The predicted molar refractivity (Wildman–Crippen MR) is 120 cm³/mol. The van der Waals surface area contributed by atoms with Crippen LogP contribution in [-0.2, 0) is 9.47 Å². The van der Waals surface area contributed by atoms with Gasteiger partial charge in [0.1, 0.15) is 6.33 Å². The van der Waals surface area contributed by atoms with Crippen LogP contribution < -0.4 is 5.73 Å². The largest absolute Gasteiger partial charge is 0.397 e. The fraction of sp³-hybridized carbons (Fsp3) is 0.318. The molecule has 0 bridgehead atoms. The molecule has 0 saturated carbocycles. The SMILES string of the molecule is C#CC.C/C=C\C=C(/N)c1[nH]c(C(OC)OC)nc1-c1ccc2ncnn2c1.CC. The van der Waals surface area contributed by atoms with Crippen molar-refractivity contribution in [1.29, 1.82) is 0 Å². The summed E-state index contributed by atoms with van der Waals surface area (Å²) in [5, 5.41) is 4.16. The molecule has 3 rings (SSSR count). The molecule has 0 aliphatic rings. The van der Waals surface area contributed by atoms with Crippen LogP contribution in [0.2, 0.25) is 0 Å². The number of nitrogens with zero attached hydrogens (tertiary/aromatic N) is 4. The molecular weight excluding hydrogens is 380 g/mol. The Bertz CT molecular complexity index is 1010. The van der Waals surface area contributed by atoms with Gasteiger partial charge in [-0.15, -0.1) is 12.3 Å². The number of aromatic amines is 1. The summed E-state index contributed by atoms with van der Waals surface area (Å²) in [6.45, 7) is 7.58. The molecule has 0 spiro atoms. The molecule has 160 valence electrons. The number of nitrogens with one attached hydrogen (secondary N) is 1. The number of imidazole rings is 1. The van der Waals surface area contributed by atoms with Crippen LogP contribution in [0.3, 0.4) is 0 Å². The lowest BCUT2D eigenvalue weighted by Crippen LogP contribution is -2.06. The number of hydrogen-bond donors (Lipinski definition) is 2. The maximum absolute atomic E-state index is 6.23. The van der Waals surface area contributed by atoms with Gasteiger partial charge in [-0.05, 0) is 32.1 Å². The lowest BCUT2D eigenvalue weighted by Gasteiger charge is -2.09. The van der Waals surface area contributed by atoms with Crippen molar-refractivity contribution in [1.82, 2.24) is 24.6 Å². The van der Waals surface area contributed by atoms with Crippen LogP contribution in [0.5, 0.6) is 0 Å². The van der Waals surface area contributed by atoms with E-state index < -0.39 is 6.29 Å². The first-order valence-corrected chi connectivity index (χ1v) is 9.51. The minimum atomic E-state index is -0.614. The summed E-state index contributed by atoms with van der Waals surface area (Å²) in [6, 6.07) is 3.79. The first-order valence-electron chi connectivity index (χ1n) is 9.51. The number of allylic oxidation sites excluding steroid dienone is 3. The number of nitrogens with two attached hydrogens (primary N) is 1. The zero-order chi connectivity index (χ0) is 22.5. The van der Waals surface area contributed by atoms with E-state index in [0.29, 0.717) is 22.9 Å². The smallest absolute Gasteiger partial charge is 0.216 e. The Morgan fingerprint density at radius 2 is 1.97 bits per heavy atom. The summed E-state index contributed by atoms with van der Waals surface area (Å²) in [6.07, 6.45) is 12.9. The van der Waals surface area contributed by atoms with Crippen LogP contribution in [0, 0.1) is 12.3 Å². The maximum atomic E-state index is 6.23. The first-order chi connectivity index (χ1) is 14.6. The molecule has 0 saturated heterocycles. The molecule has 3 N–H and O–H groups in total. The van der Waals surface area contributed by atoms with Crippen LogP contribution in [0.4, 0.5) is 0 Å². The normalized spacial score (nSPS) is 11.1. The Hall–Kier alpha value is -3.41. The van der Waals surface area contributed by atoms with Gasteiger partial charge in [-0.2, -0.15) is 5.10 Å². The molecule has 0 aromatic carbocycles. The molecule has 30 heavy (non-hydrogen) atoms. The molecule has 8 nitrogen and oxygen atoms in total. The quantitative estimate of drug-likeness (QED) is 0.362. The van der Waals surface area contributed by atoms with E-state index in [1.165, 1.54) is 6.33 Å². The molecule has 0 aliphatic heterocycles. The zero-order valence-corrected chi connectivity index (χ0v) is 18.4. The Labute approximate surface area is 177 Å². The zero-order valence-electron chi connectivity index (χ0n) is 18.4. The fourth-order valence-electron chi connectivity index (χ4n) is 2.48. The summed E-state index contributed by atoms with van der Waals surface area (Å²) in [4.78, 5) is 12.0. The number of ether oxygens (including phenoxy) is 2. The van der Waals surface area contributed by atoms with Crippen molar-refractivity contribution in [2.24, 2.45) is 5.73 Å². The minimum Gasteiger partial charge on any atom is -0.397 e. The Kier molecular flexibility index (Phi) is 10.6. The van der Waals surface area contributed by atoms with Crippen molar-refractivity contribution in [3.63, 3.8) is 0 Å². The summed E-state index contributed by atoms with van der Waals surface area (Å²) in [7, 11) is 3.10. The highest BCUT2D eigenvalue weighted by atomic mass is 16.7. The van der Waals surface area contributed by atoms with Crippen molar-refractivity contribution >= 4 is 11.3 Å². The molecule has 3 heterocycles. The van der Waals surface area contributed by atoms with Crippen molar-refractivity contribution in [3.05, 3.63) is 54.4 Å². The van der Waals surface area contributed by atoms with Crippen LogP contribution in [0.1, 0.15) is 45.5 Å². The van der Waals surface area contributed by atoms with E-state index in [1.807, 2.05) is 57.3 Å². The van der Waals surface area contributed by atoms with Crippen molar-refractivity contribution in [3.8, 4) is 23.6 Å². The van der Waals surface area contributed by atoms with Crippen molar-refractivity contribution < 1.29 is 9.47 Å². The lowest BCUT2D eigenvalue weighted by molar-refractivity contribution is -0.111. The lowest BCUT2D eigenvalue weighted by atomic mass is 10.1. The van der Waals surface area contributed by atoms with Crippen molar-refractivity contribution in [2.75, 3.05) is 14.2 Å². The van der Waals surface area contributed by atoms with Gasteiger partial charge < -0.3 is 20.2 Å². The number of pyridine rings is 1. The topological polar surface area (TPSA) is 103 Å². The van der Waals surface area contributed by atoms with Gasteiger partial charge in [0, 0.05) is 26.0 Å². The molecule has 0 fully saturated rings. The molecule has 0 radical (unpaired) electrons. The molecule has 0 unspecified atom stereocenters. The van der Waals surface area contributed by atoms with E-state index in [2.05, 4.69) is 32.4 Å². The van der Waals surface area contributed by atoms with Crippen LogP contribution in [0.25, 0.3) is 22.6 Å². The number of fused-ring (bicyclic) bond motifs is 1. The number of terminal acetylenes is 1. The standard InChI is InChI=1S/C17H20N6O2.C3H4.C2H6/c1-4-5-6-12(18)15-14(21-16(22-15)17(24-2)25-3)11-7-8-13-19-10-20-23(13)9-11;1-3-2;1-2/h4-10,17H,18H2,1-3H3,(H,21,22);1H,2H3;1-2H3/b5-4-,12-6-;;. The second-order valence-electron chi connectivity index (χ2n) is 5.57. The minimum absolute atomic E-state index is 0.533. The Balaban J connectivity index is 0.000000826. The average Bonchev–Trinajstić information content (AvgIpc) is 3.42. The second kappa shape index (κ2) is 12.9. The van der Waals surface area contributed by atoms with Gasteiger partial charge in [-0.1, -0.05) is 26.0 Å². The third-order valence-electron chi connectivity index (χ3n) is 3.68. The van der Waals surface area contributed by atoms with E-state index in [1.54, 1.807) is 25.7 Å². The van der Waals surface area contributed by atoms with Gasteiger partial charge in [0.2, 0.25) is 6.29 Å². The average molecular weight is 411 g/mol. The molecule has 0 aliphatic carbocycles. The van der Waals surface area contributed by atoms with Gasteiger partial charge >= 0.3 is 0 Å². The van der Waals surface area contributed by atoms with Gasteiger partial charge in [0.05, 0.1) is 17.1 Å². The van der Waals surface area contributed by atoms with E-state index >= 15 is 0 Å². The molecule has 8 heteroatoms. The summed E-state index contributed by atoms with van der Waals surface area (Å²) in [5.41, 5.74) is 9.75. The highest BCUT2D eigenvalue weighted by Crippen LogP contribution is 2.28. The number of hydrogen-bond acceptors (Lipinski definition) is 6. The third kappa shape index (κ3) is 6.04. The number of rotatable bonds is 6.